The van der Waals surface area contributed by atoms with E-state index < -0.39 is 11.9 Å². The summed E-state index contributed by atoms with van der Waals surface area (Å²) < 4.78 is 0. The number of likely N-dealkylation sites (tertiary alicyclic amines) is 1. The van der Waals surface area contributed by atoms with Gasteiger partial charge in [-0.1, -0.05) is 25.1 Å². The van der Waals surface area contributed by atoms with E-state index in [-0.39, 0.29) is 17.6 Å². The number of hydrogen-bond acceptors (Lipinski definition) is 3. The Labute approximate surface area is 117 Å². The van der Waals surface area contributed by atoms with E-state index in [1.807, 2.05) is 6.07 Å². The summed E-state index contributed by atoms with van der Waals surface area (Å²) in [4.78, 5) is 24.5. The summed E-state index contributed by atoms with van der Waals surface area (Å²) in [6, 6.07) is 6.98. The molecule has 0 spiro atoms. The van der Waals surface area contributed by atoms with E-state index in [0.717, 1.165) is 5.56 Å². The number of aliphatic carboxylic acids is 1. The molecular formula is C15H19NO4. The van der Waals surface area contributed by atoms with Gasteiger partial charge in [0.05, 0.1) is 5.92 Å². The number of aryl methyl sites for hydroxylation is 1. The second-order valence-corrected chi connectivity index (χ2v) is 5.31. The molecule has 108 valence electrons. The number of nitrogens with zero attached hydrogens (tertiary/aromatic N) is 1. The summed E-state index contributed by atoms with van der Waals surface area (Å²) in [5.41, 5.74) is 0.761. The Morgan fingerprint density at radius 2 is 2.00 bits per heavy atom. The number of para-hydroxylation sites is 1. The van der Waals surface area contributed by atoms with E-state index in [0.29, 0.717) is 25.9 Å². The molecule has 0 aliphatic carbocycles. The summed E-state index contributed by atoms with van der Waals surface area (Å²) in [6.07, 6.45) is 0.840. The lowest BCUT2D eigenvalue weighted by Gasteiger charge is -2.41. The second-order valence-electron chi connectivity index (χ2n) is 5.31. The van der Waals surface area contributed by atoms with E-state index in [4.69, 9.17) is 5.11 Å². The van der Waals surface area contributed by atoms with Crippen molar-refractivity contribution < 1.29 is 19.8 Å². The first-order valence-electron chi connectivity index (χ1n) is 6.76. The van der Waals surface area contributed by atoms with Gasteiger partial charge >= 0.3 is 5.97 Å². The van der Waals surface area contributed by atoms with Gasteiger partial charge < -0.3 is 15.1 Å². The highest BCUT2D eigenvalue weighted by Crippen LogP contribution is 2.25. The highest BCUT2D eigenvalue weighted by Gasteiger charge is 2.36. The number of carboxylic acid groups (broad SMARTS) is 1. The highest BCUT2D eigenvalue weighted by molar-refractivity contribution is 5.78. The van der Waals surface area contributed by atoms with Crippen LogP contribution in [0, 0.1) is 11.8 Å². The van der Waals surface area contributed by atoms with Crippen LogP contribution in [-0.4, -0.2) is 40.1 Å². The fourth-order valence-corrected chi connectivity index (χ4v) is 2.36. The van der Waals surface area contributed by atoms with Gasteiger partial charge in [-0.05, 0) is 18.1 Å². The number of rotatable bonds is 5. The van der Waals surface area contributed by atoms with Crippen molar-refractivity contribution in [3.63, 3.8) is 0 Å². The van der Waals surface area contributed by atoms with Crippen LogP contribution in [0.2, 0.25) is 0 Å². The molecule has 1 heterocycles. The molecule has 1 aromatic rings. The molecular weight excluding hydrogens is 258 g/mol. The molecule has 2 rings (SSSR count). The highest BCUT2D eigenvalue weighted by atomic mass is 16.4. The van der Waals surface area contributed by atoms with E-state index in [1.54, 1.807) is 30.0 Å². The normalized spacial score (nSPS) is 16.6. The van der Waals surface area contributed by atoms with Crippen LogP contribution in [0.3, 0.4) is 0 Å². The number of aromatic hydroxyl groups is 1. The van der Waals surface area contributed by atoms with Crippen molar-refractivity contribution in [1.29, 1.82) is 0 Å². The van der Waals surface area contributed by atoms with Crippen molar-refractivity contribution in [2.75, 3.05) is 13.1 Å². The standard InChI is InChI=1S/C15H19NO4/c1-10(15(19)20)12-8-16(9-12)14(18)7-6-11-4-2-3-5-13(11)17/h2-5,10,12,17H,6-9H2,1H3,(H,19,20). The number of carboxylic acids is 1. The van der Waals surface area contributed by atoms with Crippen molar-refractivity contribution in [2.24, 2.45) is 11.8 Å². The fraction of sp³-hybridized carbons (Fsp3) is 0.467. The Hall–Kier alpha value is -2.04. The number of phenols is 1. The topological polar surface area (TPSA) is 77.8 Å². The minimum absolute atomic E-state index is 0.0158. The van der Waals surface area contributed by atoms with Gasteiger partial charge in [0.15, 0.2) is 0 Å². The Balaban J connectivity index is 1.78. The third kappa shape index (κ3) is 3.10. The molecule has 20 heavy (non-hydrogen) atoms. The van der Waals surface area contributed by atoms with Crippen LogP contribution in [0.25, 0.3) is 0 Å². The van der Waals surface area contributed by atoms with Gasteiger partial charge in [0, 0.05) is 25.4 Å². The van der Waals surface area contributed by atoms with E-state index in [9.17, 15) is 14.7 Å². The summed E-state index contributed by atoms with van der Waals surface area (Å²) in [5.74, 6) is -0.932. The lowest BCUT2D eigenvalue weighted by atomic mass is 9.87. The molecule has 1 amide bonds. The molecule has 1 atom stereocenters. The molecule has 0 saturated carbocycles. The average Bonchev–Trinajstić information content (AvgIpc) is 2.35. The maximum Gasteiger partial charge on any atom is 0.306 e. The third-order valence-electron chi connectivity index (χ3n) is 3.96. The smallest absolute Gasteiger partial charge is 0.306 e. The van der Waals surface area contributed by atoms with Crippen LogP contribution in [0.5, 0.6) is 5.75 Å². The van der Waals surface area contributed by atoms with E-state index in [2.05, 4.69) is 0 Å². The molecule has 0 radical (unpaired) electrons. The molecule has 1 aliphatic rings. The van der Waals surface area contributed by atoms with Gasteiger partial charge in [-0.15, -0.1) is 0 Å². The maximum atomic E-state index is 11.9. The Morgan fingerprint density at radius 3 is 2.60 bits per heavy atom. The zero-order chi connectivity index (χ0) is 14.7. The van der Waals surface area contributed by atoms with E-state index >= 15 is 0 Å². The van der Waals surface area contributed by atoms with Gasteiger partial charge in [0.25, 0.3) is 0 Å². The molecule has 1 fully saturated rings. The SMILES string of the molecule is CC(C(=O)O)C1CN(C(=O)CCc2ccccc2O)C1. The van der Waals surface area contributed by atoms with Crippen molar-refractivity contribution in [1.82, 2.24) is 4.90 Å². The van der Waals surface area contributed by atoms with Crippen LogP contribution in [0.1, 0.15) is 18.9 Å². The lowest BCUT2D eigenvalue weighted by Crippen LogP contribution is -2.53. The Morgan fingerprint density at radius 1 is 1.35 bits per heavy atom. The largest absolute Gasteiger partial charge is 0.508 e. The minimum atomic E-state index is -0.809. The van der Waals surface area contributed by atoms with Crippen LogP contribution in [0.4, 0.5) is 0 Å². The third-order valence-corrected chi connectivity index (χ3v) is 3.96. The van der Waals surface area contributed by atoms with Crippen LogP contribution in [-0.2, 0) is 16.0 Å². The van der Waals surface area contributed by atoms with Crippen LogP contribution >= 0.6 is 0 Å². The summed E-state index contributed by atoms with van der Waals surface area (Å²) in [7, 11) is 0. The van der Waals surface area contributed by atoms with Crippen molar-refractivity contribution in [3.05, 3.63) is 29.8 Å². The number of carbonyl (C=O) groups is 2. The lowest BCUT2D eigenvalue weighted by molar-refractivity contribution is -0.150. The molecule has 5 nitrogen and oxygen atoms in total. The predicted molar refractivity (Wildman–Crippen MR) is 73.3 cm³/mol. The molecule has 2 N–H and O–H groups in total. The first kappa shape index (κ1) is 14.4. The number of carbonyl (C=O) groups excluding carboxylic acids is 1. The van der Waals surface area contributed by atoms with E-state index in [1.165, 1.54) is 0 Å². The molecule has 1 saturated heterocycles. The quantitative estimate of drug-likeness (QED) is 0.855. The Kier molecular flexibility index (Phi) is 4.27. The zero-order valence-corrected chi connectivity index (χ0v) is 11.5. The van der Waals surface area contributed by atoms with Gasteiger partial charge in [0.1, 0.15) is 5.75 Å². The average molecular weight is 277 g/mol. The monoisotopic (exact) mass is 277 g/mol. The molecule has 1 unspecified atom stereocenters. The number of amides is 1. The summed E-state index contributed by atoms with van der Waals surface area (Å²) >= 11 is 0. The zero-order valence-electron chi connectivity index (χ0n) is 11.5. The Bertz CT molecular complexity index is 508. The van der Waals surface area contributed by atoms with Gasteiger partial charge in [-0.3, -0.25) is 9.59 Å². The molecule has 0 aromatic heterocycles. The number of hydrogen-bond donors (Lipinski definition) is 2. The summed E-state index contributed by atoms with van der Waals surface area (Å²) in [5, 5.41) is 18.5. The van der Waals surface area contributed by atoms with Crippen LogP contribution < -0.4 is 0 Å². The molecule has 5 heteroatoms. The number of phenolic OH excluding ortho intramolecular Hbond substituents is 1. The number of benzene rings is 1. The molecule has 1 aliphatic heterocycles. The van der Waals surface area contributed by atoms with Crippen LogP contribution in [0.15, 0.2) is 24.3 Å². The fourth-order valence-electron chi connectivity index (χ4n) is 2.36. The first-order chi connectivity index (χ1) is 9.49. The van der Waals surface area contributed by atoms with Crippen molar-refractivity contribution >= 4 is 11.9 Å². The predicted octanol–water partition coefficient (Wildman–Crippen LogP) is 1.50. The first-order valence-corrected chi connectivity index (χ1v) is 6.76. The van der Waals surface area contributed by atoms with Crippen molar-refractivity contribution in [2.45, 2.75) is 19.8 Å². The van der Waals surface area contributed by atoms with Crippen molar-refractivity contribution in [3.8, 4) is 5.75 Å². The van der Waals surface area contributed by atoms with Gasteiger partial charge in [-0.25, -0.2) is 0 Å². The van der Waals surface area contributed by atoms with Gasteiger partial charge in [0.2, 0.25) is 5.91 Å². The van der Waals surface area contributed by atoms with Gasteiger partial charge in [-0.2, -0.15) is 0 Å². The molecule has 0 bridgehead atoms. The maximum absolute atomic E-state index is 11.9. The second kappa shape index (κ2) is 5.94. The summed E-state index contributed by atoms with van der Waals surface area (Å²) in [6.45, 7) is 2.72. The molecule has 1 aromatic carbocycles. The minimum Gasteiger partial charge on any atom is -0.508 e.